The van der Waals surface area contributed by atoms with Gasteiger partial charge in [-0.2, -0.15) is 0 Å². The molecule has 0 unspecified atom stereocenters. The number of aryl methyl sites for hydroxylation is 1. The number of hydrogen-bond acceptors (Lipinski definition) is 5. The molecule has 0 saturated carbocycles. The highest BCUT2D eigenvalue weighted by atomic mass is 16.7. The summed E-state index contributed by atoms with van der Waals surface area (Å²) in [4.78, 5) is 16.4. The number of benzene rings is 1. The van der Waals surface area contributed by atoms with Crippen molar-refractivity contribution in [1.82, 2.24) is 4.98 Å². The number of aromatic nitrogens is 1. The van der Waals surface area contributed by atoms with Gasteiger partial charge >= 0.3 is 5.97 Å². The minimum Gasteiger partial charge on any atom is -0.461 e. The molecule has 2 heterocycles. The lowest BCUT2D eigenvalue weighted by atomic mass is 10.1. The van der Waals surface area contributed by atoms with Crippen LogP contribution in [0.2, 0.25) is 0 Å². The Morgan fingerprint density at radius 1 is 1.30 bits per heavy atom. The van der Waals surface area contributed by atoms with E-state index in [9.17, 15) is 4.79 Å². The van der Waals surface area contributed by atoms with E-state index in [1.165, 1.54) is 0 Å². The van der Waals surface area contributed by atoms with Gasteiger partial charge < -0.3 is 14.2 Å². The molecule has 1 aromatic carbocycles. The van der Waals surface area contributed by atoms with Gasteiger partial charge in [-0.25, -0.2) is 4.79 Å². The lowest BCUT2D eigenvalue weighted by Crippen LogP contribution is -2.36. The third-order valence-corrected chi connectivity index (χ3v) is 3.68. The second-order valence-electron chi connectivity index (χ2n) is 5.91. The molecule has 0 bridgehead atoms. The molecule has 0 aliphatic carbocycles. The lowest BCUT2D eigenvalue weighted by Gasteiger charge is -2.34. The van der Waals surface area contributed by atoms with Gasteiger partial charge in [0, 0.05) is 31.2 Å². The molecule has 0 saturated heterocycles. The number of fused-ring (bicyclic) bond motifs is 1. The topological polar surface area (TPSA) is 57.7 Å². The highest BCUT2D eigenvalue weighted by Crippen LogP contribution is 2.35. The zero-order valence-corrected chi connectivity index (χ0v) is 13.5. The predicted molar refractivity (Wildman–Crippen MR) is 84.0 cm³/mol. The van der Waals surface area contributed by atoms with Crippen molar-refractivity contribution in [1.29, 1.82) is 0 Å². The maximum atomic E-state index is 12.1. The van der Waals surface area contributed by atoms with Crippen molar-refractivity contribution in [2.45, 2.75) is 39.8 Å². The molecule has 23 heavy (non-hydrogen) atoms. The summed E-state index contributed by atoms with van der Waals surface area (Å²) in [5.74, 6) is -0.328. The van der Waals surface area contributed by atoms with Crippen LogP contribution >= 0.6 is 0 Å². The Kier molecular flexibility index (Phi) is 4.05. The molecule has 0 N–H and O–H groups in total. The van der Waals surface area contributed by atoms with E-state index in [0.717, 1.165) is 22.6 Å². The Morgan fingerprint density at radius 3 is 2.78 bits per heavy atom. The first-order valence-corrected chi connectivity index (χ1v) is 7.49. The fourth-order valence-electron chi connectivity index (χ4n) is 2.42. The Balaban J connectivity index is 1.78. The summed E-state index contributed by atoms with van der Waals surface area (Å²) in [7, 11) is 0. The Hall–Kier alpha value is -2.40. The number of pyridine rings is 1. The van der Waals surface area contributed by atoms with Gasteiger partial charge in [0.25, 0.3) is 0 Å². The zero-order valence-electron chi connectivity index (χ0n) is 13.5. The Labute approximate surface area is 135 Å². The number of carbonyl (C=O) groups is 1. The minimum absolute atomic E-state index is 0.135. The Bertz CT molecular complexity index is 725. The van der Waals surface area contributed by atoms with Crippen LogP contribution in [0.15, 0.2) is 36.5 Å². The summed E-state index contributed by atoms with van der Waals surface area (Å²) in [5.41, 5.74) is 3.01. The van der Waals surface area contributed by atoms with E-state index in [2.05, 4.69) is 4.98 Å². The van der Waals surface area contributed by atoms with Crippen LogP contribution in [0.25, 0.3) is 0 Å². The number of nitrogens with zero attached hydrogens (tertiary/aromatic N) is 1. The van der Waals surface area contributed by atoms with Crippen LogP contribution in [0.1, 0.15) is 41.0 Å². The largest absolute Gasteiger partial charge is 0.461 e. The van der Waals surface area contributed by atoms with E-state index >= 15 is 0 Å². The second kappa shape index (κ2) is 6.01. The zero-order chi connectivity index (χ0) is 16.4. The van der Waals surface area contributed by atoms with Gasteiger partial charge in [-0.3, -0.25) is 4.98 Å². The fourth-order valence-corrected chi connectivity index (χ4v) is 2.42. The molecule has 120 valence electrons. The molecule has 3 rings (SSSR count). The normalized spacial score (nSPS) is 15.4. The van der Waals surface area contributed by atoms with Crippen LogP contribution in [0.5, 0.6) is 5.75 Å². The van der Waals surface area contributed by atoms with Gasteiger partial charge in [0.05, 0.1) is 17.9 Å². The van der Waals surface area contributed by atoms with Crippen LogP contribution in [-0.2, 0) is 22.7 Å². The molecule has 1 aliphatic rings. The smallest absolute Gasteiger partial charge is 0.338 e. The quantitative estimate of drug-likeness (QED) is 0.813. The van der Waals surface area contributed by atoms with Crippen molar-refractivity contribution in [2.75, 3.05) is 0 Å². The van der Waals surface area contributed by atoms with E-state index < -0.39 is 5.79 Å². The summed E-state index contributed by atoms with van der Waals surface area (Å²) in [6.07, 6.45) is 1.71. The highest BCUT2D eigenvalue weighted by Gasteiger charge is 2.30. The molecule has 0 amide bonds. The standard InChI is InChI=1S/C18H19NO4/c1-12-16-15(11-22-18(2,3)23-16)14(9-19-12)10-21-17(20)13-7-5-4-6-8-13/h4-9H,10-11H2,1-3H3. The molecule has 1 aliphatic heterocycles. The van der Waals surface area contributed by atoms with Crippen LogP contribution in [0.3, 0.4) is 0 Å². The molecule has 1 aromatic heterocycles. The van der Waals surface area contributed by atoms with Gasteiger partial charge in [-0.15, -0.1) is 0 Å². The van der Waals surface area contributed by atoms with Crippen molar-refractivity contribution in [2.24, 2.45) is 0 Å². The van der Waals surface area contributed by atoms with E-state index in [-0.39, 0.29) is 12.6 Å². The SMILES string of the molecule is Cc1ncc(COC(=O)c2ccccc2)c2c1OC(C)(C)OC2. The third-order valence-electron chi connectivity index (χ3n) is 3.68. The average molecular weight is 313 g/mol. The maximum absolute atomic E-state index is 12.1. The van der Waals surface area contributed by atoms with Crippen molar-refractivity contribution in [3.8, 4) is 5.75 Å². The molecule has 0 fully saturated rings. The predicted octanol–water partition coefficient (Wildman–Crippen LogP) is 3.39. The average Bonchev–Trinajstić information content (AvgIpc) is 2.54. The monoisotopic (exact) mass is 313 g/mol. The first-order chi connectivity index (χ1) is 11.0. The van der Waals surface area contributed by atoms with Crippen LogP contribution < -0.4 is 4.74 Å². The summed E-state index contributed by atoms with van der Waals surface area (Å²) < 4.78 is 16.9. The number of ether oxygens (including phenoxy) is 3. The summed E-state index contributed by atoms with van der Waals surface area (Å²) in [5, 5.41) is 0. The van der Waals surface area contributed by atoms with Crippen LogP contribution in [0.4, 0.5) is 0 Å². The van der Waals surface area contributed by atoms with Crippen molar-refractivity contribution in [3.63, 3.8) is 0 Å². The van der Waals surface area contributed by atoms with Crippen LogP contribution in [0, 0.1) is 6.92 Å². The number of carbonyl (C=O) groups excluding carboxylic acids is 1. The Morgan fingerprint density at radius 2 is 2.04 bits per heavy atom. The van der Waals surface area contributed by atoms with Gasteiger partial charge in [-0.05, 0) is 19.1 Å². The van der Waals surface area contributed by atoms with Gasteiger partial charge in [0.2, 0.25) is 5.79 Å². The lowest BCUT2D eigenvalue weighted by molar-refractivity contribution is -0.181. The molecular weight excluding hydrogens is 294 g/mol. The number of esters is 1. The van der Waals surface area contributed by atoms with Crippen LogP contribution in [-0.4, -0.2) is 16.7 Å². The fraction of sp³-hybridized carbons (Fsp3) is 0.333. The maximum Gasteiger partial charge on any atom is 0.338 e. The minimum atomic E-state index is -0.682. The third kappa shape index (κ3) is 3.35. The van der Waals surface area contributed by atoms with Crippen molar-refractivity contribution < 1.29 is 19.0 Å². The van der Waals surface area contributed by atoms with Gasteiger partial charge in [0.1, 0.15) is 12.4 Å². The first-order valence-electron chi connectivity index (χ1n) is 7.49. The van der Waals surface area contributed by atoms with E-state index in [1.54, 1.807) is 30.5 Å². The molecular formula is C18H19NO4. The molecule has 0 spiro atoms. The van der Waals surface area contributed by atoms with Gasteiger partial charge in [-0.1, -0.05) is 18.2 Å². The highest BCUT2D eigenvalue weighted by molar-refractivity contribution is 5.89. The molecule has 5 heteroatoms. The summed E-state index contributed by atoms with van der Waals surface area (Å²) >= 11 is 0. The number of rotatable bonds is 3. The second-order valence-corrected chi connectivity index (χ2v) is 5.91. The van der Waals surface area contributed by atoms with E-state index in [1.807, 2.05) is 26.8 Å². The van der Waals surface area contributed by atoms with E-state index in [4.69, 9.17) is 14.2 Å². The van der Waals surface area contributed by atoms with E-state index in [0.29, 0.717) is 12.2 Å². The molecule has 2 aromatic rings. The molecule has 0 atom stereocenters. The molecule has 5 nitrogen and oxygen atoms in total. The summed E-state index contributed by atoms with van der Waals surface area (Å²) in [6.45, 7) is 6.15. The van der Waals surface area contributed by atoms with Gasteiger partial charge in [0.15, 0.2) is 0 Å². The van der Waals surface area contributed by atoms with Crippen molar-refractivity contribution in [3.05, 3.63) is 58.9 Å². The summed E-state index contributed by atoms with van der Waals surface area (Å²) in [6, 6.07) is 8.90. The molecule has 0 radical (unpaired) electrons. The van der Waals surface area contributed by atoms with Crippen molar-refractivity contribution >= 4 is 5.97 Å². The first kappa shape index (κ1) is 15.5. The number of hydrogen-bond donors (Lipinski definition) is 0.